The number of para-hydroxylation sites is 1. The average Bonchev–Trinajstić information content (AvgIpc) is 3.96. The van der Waals surface area contributed by atoms with Gasteiger partial charge in [-0.15, -0.1) is 0 Å². The minimum atomic E-state index is -0.0816. The van der Waals surface area contributed by atoms with Gasteiger partial charge >= 0.3 is 0 Å². The molecule has 12 rings (SSSR count). The molecule has 9 aromatic carbocycles. The summed E-state index contributed by atoms with van der Waals surface area (Å²) >= 11 is 0. The summed E-state index contributed by atoms with van der Waals surface area (Å²) in [6, 6.07) is 69.1. The normalized spacial score (nSPS) is 13.0. The molecule has 0 N–H and O–H groups in total. The zero-order valence-electron chi connectivity index (χ0n) is 33.2. The largest absolute Gasteiger partial charge is 0.456 e. The molecule has 0 saturated heterocycles. The van der Waals surface area contributed by atoms with E-state index in [9.17, 15) is 0 Å². The molecule has 1 aliphatic carbocycles. The van der Waals surface area contributed by atoms with E-state index in [4.69, 9.17) is 13.8 Å². The highest BCUT2D eigenvalue weighted by molar-refractivity contribution is 6.19. The van der Waals surface area contributed by atoms with Gasteiger partial charge in [0.1, 0.15) is 16.7 Å². The van der Waals surface area contributed by atoms with Crippen molar-refractivity contribution in [3.05, 3.63) is 205 Å². The van der Waals surface area contributed by atoms with E-state index in [0.717, 1.165) is 66.8 Å². The molecule has 2 heterocycles. The maximum atomic E-state index is 6.68. The lowest BCUT2D eigenvalue weighted by Gasteiger charge is -2.27. The molecule has 0 radical (unpaired) electrons. The van der Waals surface area contributed by atoms with Gasteiger partial charge in [-0.1, -0.05) is 147 Å². The Morgan fingerprint density at radius 2 is 1.08 bits per heavy atom. The fourth-order valence-electron chi connectivity index (χ4n) is 9.59. The van der Waals surface area contributed by atoms with Crippen molar-refractivity contribution in [3.8, 4) is 44.8 Å². The molecule has 0 atom stereocenters. The van der Waals surface area contributed by atoms with Crippen molar-refractivity contribution in [1.29, 1.82) is 0 Å². The molecule has 60 heavy (non-hydrogen) atoms. The highest BCUT2D eigenvalue weighted by atomic mass is 16.4. The number of fused-ring (bicyclic) bond motifs is 8. The van der Waals surface area contributed by atoms with Crippen LogP contribution in [0.15, 0.2) is 203 Å². The number of benzene rings is 9. The van der Waals surface area contributed by atoms with Gasteiger partial charge in [0.05, 0.1) is 0 Å². The Morgan fingerprint density at radius 1 is 0.450 bits per heavy atom. The highest BCUT2D eigenvalue weighted by Gasteiger charge is 2.35. The van der Waals surface area contributed by atoms with E-state index in [1.54, 1.807) is 0 Å². The summed E-state index contributed by atoms with van der Waals surface area (Å²) in [6.45, 7) is 4.66. The van der Waals surface area contributed by atoms with Crippen molar-refractivity contribution in [2.45, 2.75) is 19.3 Å². The number of nitrogens with zero attached hydrogens (tertiary/aromatic N) is 2. The number of aromatic nitrogens is 1. The van der Waals surface area contributed by atoms with Gasteiger partial charge in [-0.3, -0.25) is 0 Å². The zero-order chi connectivity index (χ0) is 40.0. The topological polar surface area (TPSA) is 42.4 Å². The van der Waals surface area contributed by atoms with Crippen LogP contribution in [0.1, 0.15) is 25.0 Å². The molecule has 0 spiro atoms. The van der Waals surface area contributed by atoms with Crippen LogP contribution in [-0.4, -0.2) is 4.98 Å². The first-order chi connectivity index (χ1) is 29.5. The number of hydrogen-bond acceptors (Lipinski definition) is 4. The second kappa shape index (κ2) is 13.2. The fourth-order valence-corrected chi connectivity index (χ4v) is 9.59. The Balaban J connectivity index is 1.03. The summed E-state index contributed by atoms with van der Waals surface area (Å²) in [7, 11) is 0. The Labute approximate surface area is 347 Å². The molecular weight excluding hydrogens is 733 g/mol. The van der Waals surface area contributed by atoms with Gasteiger partial charge in [0.2, 0.25) is 5.89 Å². The summed E-state index contributed by atoms with van der Waals surface area (Å²) in [6.07, 6.45) is 0. The Hall–Kier alpha value is -7.69. The lowest BCUT2D eigenvalue weighted by Crippen LogP contribution is -2.15. The lowest BCUT2D eigenvalue weighted by molar-refractivity contribution is 0.621. The van der Waals surface area contributed by atoms with E-state index in [1.165, 1.54) is 44.2 Å². The van der Waals surface area contributed by atoms with Gasteiger partial charge in [-0.25, -0.2) is 4.98 Å². The Morgan fingerprint density at radius 3 is 1.90 bits per heavy atom. The van der Waals surface area contributed by atoms with Gasteiger partial charge in [0.25, 0.3) is 0 Å². The maximum Gasteiger partial charge on any atom is 0.227 e. The van der Waals surface area contributed by atoms with Crippen LogP contribution in [0.2, 0.25) is 0 Å². The summed E-state index contributed by atoms with van der Waals surface area (Å²) in [5, 5.41) is 4.54. The molecule has 1 aliphatic rings. The molecule has 284 valence electrons. The molecule has 2 aromatic heterocycles. The summed E-state index contributed by atoms with van der Waals surface area (Å²) in [5.74, 6) is 0.583. The third-order valence-corrected chi connectivity index (χ3v) is 12.5. The van der Waals surface area contributed by atoms with Crippen molar-refractivity contribution in [3.63, 3.8) is 0 Å². The van der Waals surface area contributed by atoms with Crippen molar-refractivity contribution in [2.75, 3.05) is 4.90 Å². The summed E-state index contributed by atoms with van der Waals surface area (Å²) in [5.41, 5.74) is 16.9. The first kappa shape index (κ1) is 34.4. The van der Waals surface area contributed by atoms with Crippen molar-refractivity contribution < 1.29 is 8.83 Å². The van der Waals surface area contributed by atoms with Crippen LogP contribution in [0, 0.1) is 0 Å². The maximum absolute atomic E-state index is 6.68. The lowest BCUT2D eigenvalue weighted by atomic mass is 9.82. The van der Waals surface area contributed by atoms with Crippen molar-refractivity contribution in [2.24, 2.45) is 0 Å². The molecule has 11 aromatic rings. The smallest absolute Gasteiger partial charge is 0.227 e. The van der Waals surface area contributed by atoms with E-state index in [-0.39, 0.29) is 5.41 Å². The van der Waals surface area contributed by atoms with Crippen LogP contribution in [-0.2, 0) is 5.41 Å². The van der Waals surface area contributed by atoms with Crippen molar-refractivity contribution in [1.82, 2.24) is 4.98 Å². The van der Waals surface area contributed by atoms with E-state index in [1.807, 2.05) is 48.5 Å². The van der Waals surface area contributed by atoms with Crippen LogP contribution in [0.3, 0.4) is 0 Å². The van der Waals surface area contributed by atoms with Crippen LogP contribution in [0.4, 0.5) is 17.1 Å². The van der Waals surface area contributed by atoms with Crippen LogP contribution in [0.25, 0.3) is 88.6 Å². The first-order valence-electron chi connectivity index (χ1n) is 20.5. The van der Waals surface area contributed by atoms with E-state index < -0.39 is 0 Å². The quantitative estimate of drug-likeness (QED) is 0.169. The number of furan rings is 1. The molecule has 0 aliphatic heterocycles. The van der Waals surface area contributed by atoms with E-state index >= 15 is 0 Å². The van der Waals surface area contributed by atoms with Crippen LogP contribution >= 0.6 is 0 Å². The molecule has 0 fully saturated rings. The minimum Gasteiger partial charge on any atom is -0.456 e. The standard InChI is InChI=1S/C56H38N2O2/c1-56(2)47-21-10-8-18-44(47)46-33-41(31-32-48(46)56)58(39-27-23-36(24-28-39)43-20-12-16-35-13-6-7-17-42(35)43)40-29-25-37(26-30-40)52-53-45-19-9-11-22-50(45)59-51(53)34-49-54(52)60-55(57-49)38-14-4-3-5-15-38/h3-34H,1-2H3. The average molecular weight is 771 g/mol. The van der Waals surface area contributed by atoms with Crippen molar-refractivity contribution >= 4 is 60.9 Å². The second-order valence-corrected chi connectivity index (χ2v) is 16.3. The Kier molecular flexibility index (Phi) is 7.54. The molecule has 0 bridgehead atoms. The number of anilines is 3. The van der Waals surface area contributed by atoms with E-state index in [2.05, 4.69) is 164 Å². The minimum absolute atomic E-state index is 0.0816. The van der Waals surface area contributed by atoms with Gasteiger partial charge in [0, 0.05) is 50.4 Å². The first-order valence-corrected chi connectivity index (χ1v) is 20.5. The molecule has 4 heteroatoms. The molecule has 0 saturated carbocycles. The Bertz CT molecular complexity index is 3440. The fraction of sp³-hybridized carbons (Fsp3) is 0.0536. The summed E-state index contributed by atoms with van der Waals surface area (Å²) < 4.78 is 13.1. The zero-order valence-corrected chi connectivity index (χ0v) is 33.2. The van der Waals surface area contributed by atoms with E-state index in [0.29, 0.717) is 5.89 Å². The van der Waals surface area contributed by atoms with Crippen LogP contribution in [0.5, 0.6) is 0 Å². The van der Waals surface area contributed by atoms with Gasteiger partial charge in [-0.05, 0) is 104 Å². The predicted octanol–water partition coefficient (Wildman–Crippen LogP) is 15.7. The second-order valence-electron chi connectivity index (χ2n) is 16.3. The molecular formula is C56H38N2O2. The van der Waals surface area contributed by atoms with Gasteiger partial charge < -0.3 is 13.7 Å². The third kappa shape index (κ3) is 5.27. The number of rotatable bonds is 6. The molecule has 4 nitrogen and oxygen atoms in total. The predicted molar refractivity (Wildman–Crippen MR) is 247 cm³/mol. The number of hydrogen-bond donors (Lipinski definition) is 0. The number of oxazole rings is 1. The SMILES string of the molecule is CC1(C)c2ccccc2-c2cc(N(c3ccc(-c4cccc5ccccc45)cc3)c3ccc(-c4c5oc(-c6ccccc6)nc5cc5oc6ccccc6c45)cc3)ccc21. The molecule has 0 amide bonds. The van der Waals surface area contributed by atoms with Gasteiger partial charge in [-0.2, -0.15) is 0 Å². The third-order valence-electron chi connectivity index (χ3n) is 12.5. The monoisotopic (exact) mass is 770 g/mol. The van der Waals surface area contributed by atoms with Gasteiger partial charge in [0.15, 0.2) is 5.58 Å². The van der Waals surface area contributed by atoms with Crippen LogP contribution < -0.4 is 4.90 Å². The highest BCUT2D eigenvalue weighted by Crippen LogP contribution is 2.51. The summed E-state index contributed by atoms with van der Waals surface area (Å²) in [4.78, 5) is 7.35. The molecule has 0 unspecified atom stereocenters.